The van der Waals surface area contributed by atoms with Crippen LogP contribution in [0.5, 0.6) is 0 Å². The van der Waals surface area contributed by atoms with E-state index in [2.05, 4.69) is 4.90 Å². The molecule has 1 aliphatic heterocycles. The standard InChI is InChI=1S/C15H22FN3O2/c1-2-21-15(20)13(17)11-18-7-9-19(10-8-18)14-6-4-3-5-12(14)16/h3-6,13H,2,7-11,17H2,1H3. The molecule has 1 aromatic rings. The number of piperazine rings is 1. The quantitative estimate of drug-likeness (QED) is 0.816. The molecule has 6 heteroatoms. The number of carbonyl (C=O) groups excluding carboxylic acids is 1. The van der Waals surface area contributed by atoms with E-state index in [1.165, 1.54) is 6.07 Å². The van der Waals surface area contributed by atoms with Gasteiger partial charge in [0.05, 0.1) is 12.3 Å². The van der Waals surface area contributed by atoms with Crippen LogP contribution in [0.4, 0.5) is 10.1 Å². The lowest BCUT2D eigenvalue weighted by Gasteiger charge is -2.36. The maximum Gasteiger partial charge on any atom is 0.324 e. The second kappa shape index (κ2) is 7.38. The van der Waals surface area contributed by atoms with E-state index in [0.29, 0.717) is 18.8 Å². The maximum atomic E-state index is 13.7. The highest BCUT2D eigenvalue weighted by atomic mass is 19.1. The van der Waals surface area contributed by atoms with Crippen LogP contribution in [-0.4, -0.2) is 56.2 Å². The Labute approximate surface area is 124 Å². The molecule has 1 aromatic carbocycles. The molecule has 0 spiro atoms. The van der Waals surface area contributed by atoms with Gasteiger partial charge >= 0.3 is 5.97 Å². The summed E-state index contributed by atoms with van der Waals surface area (Å²) in [5.74, 6) is -0.566. The minimum absolute atomic E-state index is 0.200. The third-order valence-corrected chi connectivity index (χ3v) is 3.61. The molecule has 1 fully saturated rings. The second-order valence-electron chi connectivity index (χ2n) is 5.10. The number of nitrogens with zero attached hydrogens (tertiary/aromatic N) is 2. The number of benzene rings is 1. The number of anilines is 1. The van der Waals surface area contributed by atoms with E-state index in [-0.39, 0.29) is 11.8 Å². The molecule has 0 aromatic heterocycles. The van der Waals surface area contributed by atoms with Crippen LogP contribution in [-0.2, 0) is 9.53 Å². The molecule has 0 bridgehead atoms. The molecule has 21 heavy (non-hydrogen) atoms. The van der Waals surface area contributed by atoms with Crippen molar-refractivity contribution in [3.63, 3.8) is 0 Å². The number of halogens is 1. The molecule has 116 valence electrons. The first-order valence-electron chi connectivity index (χ1n) is 7.26. The van der Waals surface area contributed by atoms with Crippen molar-refractivity contribution in [2.75, 3.05) is 44.2 Å². The van der Waals surface area contributed by atoms with Gasteiger partial charge in [-0.1, -0.05) is 12.1 Å². The summed E-state index contributed by atoms with van der Waals surface area (Å²) in [6.45, 7) is 5.52. The van der Waals surface area contributed by atoms with Crippen LogP contribution in [0.2, 0.25) is 0 Å². The molecule has 0 radical (unpaired) electrons. The van der Waals surface area contributed by atoms with E-state index in [9.17, 15) is 9.18 Å². The van der Waals surface area contributed by atoms with Gasteiger partial charge in [0, 0.05) is 32.7 Å². The summed E-state index contributed by atoms with van der Waals surface area (Å²) < 4.78 is 18.6. The Morgan fingerprint density at radius 1 is 1.33 bits per heavy atom. The Bertz CT molecular complexity index is 476. The number of hydrogen-bond acceptors (Lipinski definition) is 5. The Hall–Kier alpha value is -1.66. The highest BCUT2D eigenvalue weighted by molar-refractivity contribution is 5.75. The van der Waals surface area contributed by atoms with Gasteiger partial charge in [-0.2, -0.15) is 0 Å². The third kappa shape index (κ3) is 4.15. The summed E-state index contributed by atoms with van der Waals surface area (Å²) in [4.78, 5) is 15.6. The van der Waals surface area contributed by atoms with Gasteiger partial charge in [-0.15, -0.1) is 0 Å². The lowest BCUT2D eigenvalue weighted by Crippen LogP contribution is -2.52. The van der Waals surface area contributed by atoms with Gasteiger partial charge in [-0.05, 0) is 19.1 Å². The monoisotopic (exact) mass is 295 g/mol. The first-order valence-corrected chi connectivity index (χ1v) is 7.26. The van der Waals surface area contributed by atoms with E-state index < -0.39 is 6.04 Å². The number of para-hydroxylation sites is 1. The molecule has 1 aliphatic rings. The fourth-order valence-electron chi connectivity index (χ4n) is 2.48. The SMILES string of the molecule is CCOC(=O)C(N)CN1CCN(c2ccccc2F)CC1. The number of carbonyl (C=O) groups is 1. The van der Waals surface area contributed by atoms with E-state index in [1.807, 2.05) is 11.0 Å². The maximum absolute atomic E-state index is 13.7. The van der Waals surface area contributed by atoms with Crippen LogP contribution in [0.1, 0.15) is 6.92 Å². The van der Waals surface area contributed by atoms with Crippen LogP contribution in [0.3, 0.4) is 0 Å². The van der Waals surface area contributed by atoms with E-state index in [4.69, 9.17) is 10.5 Å². The summed E-state index contributed by atoms with van der Waals surface area (Å²) in [7, 11) is 0. The van der Waals surface area contributed by atoms with Crippen molar-refractivity contribution in [2.24, 2.45) is 5.73 Å². The van der Waals surface area contributed by atoms with Crippen molar-refractivity contribution in [3.05, 3.63) is 30.1 Å². The van der Waals surface area contributed by atoms with Gasteiger partial charge in [-0.3, -0.25) is 9.69 Å². The summed E-state index contributed by atoms with van der Waals surface area (Å²) in [5.41, 5.74) is 6.45. The zero-order chi connectivity index (χ0) is 15.2. The smallest absolute Gasteiger partial charge is 0.324 e. The molecule has 1 heterocycles. The predicted molar refractivity (Wildman–Crippen MR) is 79.7 cm³/mol. The second-order valence-corrected chi connectivity index (χ2v) is 5.10. The average Bonchev–Trinajstić information content (AvgIpc) is 2.49. The van der Waals surface area contributed by atoms with Crippen LogP contribution in [0.15, 0.2) is 24.3 Å². The van der Waals surface area contributed by atoms with Crippen molar-refractivity contribution in [3.8, 4) is 0 Å². The normalized spacial score (nSPS) is 17.6. The molecule has 0 amide bonds. The van der Waals surface area contributed by atoms with Gasteiger partial charge in [-0.25, -0.2) is 4.39 Å². The fraction of sp³-hybridized carbons (Fsp3) is 0.533. The molecule has 1 unspecified atom stereocenters. The molecule has 0 aliphatic carbocycles. The van der Waals surface area contributed by atoms with E-state index >= 15 is 0 Å². The van der Waals surface area contributed by atoms with Gasteiger partial charge < -0.3 is 15.4 Å². The van der Waals surface area contributed by atoms with Crippen molar-refractivity contribution in [1.82, 2.24) is 4.90 Å². The van der Waals surface area contributed by atoms with Crippen LogP contribution in [0.25, 0.3) is 0 Å². The van der Waals surface area contributed by atoms with Crippen molar-refractivity contribution in [1.29, 1.82) is 0 Å². The van der Waals surface area contributed by atoms with Gasteiger partial charge in [0.2, 0.25) is 0 Å². The summed E-state index contributed by atoms with van der Waals surface area (Å²) in [6.07, 6.45) is 0. The third-order valence-electron chi connectivity index (χ3n) is 3.61. The number of ether oxygens (including phenoxy) is 1. The molecule has 2 rings (SSSR count). The molecule has 5 nitrogen and oxygen atoms in total. The lowest BCUT2D eigenvalue weighted by atomic mass is 10.2. The largest absolute Gasteiger partial charge is 0.465 e. The first-order chi connectivity index (χ1) is 10.1. The highest BCUT2D eigenvalue weighted by Gasteiger charge is 2.23. The Morgan fingerprint density at radius 3 is 2.62 bits per heavy atom. The topological polar surface area (TPSA) is 58.8 Å². The summed E-state index contributed by atoms with van der Waals surface area (Å²) in [6, 6.07) is 6.16. The van der Waals surface area contributed by atoms with Gasteiger partial charge in [0.25, 0.3) is 0 Å². The number of nitrogens with two attached hydrogens (primary N) is 1. The zero-order valence-corrected chi connectivity index (χ0v) is 12.3. The van der Waals surface area contributed by atoms with Crippen molar-refractivity contribution < 1.29 is 13.9 Å². The molecule has 1 atom stereocenters. The fourth-order valence-corrected chi connectivity index (χ4v) is 2.48. The first kappa shape index (κ1) is 15.7. The minimum Gasteiger partial charge on any atom is -0.465 e. The van der Waals surface area contributed by atoms with Crippen LogP contribution in [0, 0.1) is 5.82 Å². The Morgan fingerprint density at radius 2 is 2.00 bits per heavy atom. The van der Waals surface area contributed by atoms with Crippen molar-refractivity contribution in [2.45, 2.75) is 13.0 Å². The number of hydrogen-bond donors (Lipinski definition) is 1. The zero-order valence-electron chi connectivity index (χ0n) is 12.3. The van der Waals surface area contributed by atoms with Crippen LogP contribution >= 0.6 is 0 Å². The van der Waals surface area contributed by atoms with E-state index in [1.54, 1.807) is 19.1 Å². The predicted octanol–water partition coefficient (Wildman–Crippen LogP) is 0.838. The minimum atomic E-state index is -0.620. The lowest BCUT2D eigenvalue weighted by molar-refractivity contribution is -0.145. The van der Waals surface area contributed by atoms with E-state index in [0.717, 1.165) is 26.2 Å². The molecule has 0 saturated carbocycles. The van der Waals surface area contributed by atoms with Gasteiger partial charge in [0.1, 0.15) is 11.9 Å². The van der Waals surface area contributed by atoms with Gasteiger partial charge in [0.15, 0.2) is 0 Å². The number of rotatable bonds is 5. The average molecular weight is 295 g/mol. The Kier molecular flexibility index (Phi) is 5.52. The molecular formula is C15H22FN3O2. The molecule has 2 N–H and O–H groups in total. The Balaban J connectivity index is 1.83. The summed E-state index contributed by atoms with van der Waals surface area (Å²) in [5, 5.41) is 0. The van der Waals surface area contributed by atoms with Crippen molar-refractivity contribution >= 4 is 11.7 Å². The highest BCUT2D eigenvalue weighted by Crippen LogP contribution is 2.20. The molecule has 1 saturated heterocycles. The number of esters is 1. The van der Waals surface area contributed by atoms with Crippen LogP contribution < -0.4 is 10.6 Å². The molecular weight excluding hydrogens is 273 g/mol. The summed E-state index contributed by atoms with van der Waals surface area (Å²) >= 11 is 0.